The molecule has 0 saturated carbocycles. The van der Waals surface area contributed by atoms with Gasteiger partial charge in [0.25, 0.3) is 11.7 Å². The Morgan fingerprint density at radius 2 is 1.87 bits per heavy atom. The van der Waals surface area contributed by atoms with Crippen LogP contribution in [-0.2, 0) is 16.1 Å². The lowest BCUT2D eigenvalue weighted by atomic mass is 9.96. The van der Waals surface area contributed by atoms with Crippen molar-refractivity contribution in [3.8, 4) is 0 Å². The predicted molar refractivity (Wildman–Crippen MR) is 110 cm³/mol. The number of pyridine rings is 1. The first-order valence-electron chi connectivity index (χ1n) is 9.14. The molecular weight excluding hydrogens is 407 g/mol. The maximum absolute atomic E-state index is 13.3. The van der Waals surface area contributed by atoms with Gasteiger partial charge in [-0.2, -0.15) is 0 Å². The highest BCUT2D eigenvalue weighted by Crippen LogP contribution is 2.40. The van der Waals surface area contributed by atoms with Crippen molar-refractivity contribution in [1.82, 2.24) is 9.88 Å². The van der Waals surface area contributed by atoms with Crippen molar-refractivity contribution in [3.63, 3.8) is 0 Å². The van der Waals surface area contributed by atoms with E-state index in [-0.39, 0.29) is 17.9 Å². The molecular formula is C23H16ClFN2O3. The fraction of sp³-hybridized carbons (Fsp3) is 0.0870. The van der Waals surface area contributed by atoms with Gasteiger partial charge in [0, 0.05) is 29.5 Å². The zero-order valence-electron chi connectivity index (χ0n) is 15.6. The smallest absolute Gasteiger partial charge is 0.295 e. The number of aliphatic hydroxyl groups excluding tert-OH is 1. The van der Waals surface area contributed by atoms with Crippen LogP contribution in [0.1, 0.15) is 22.7 Å². The number of halogens is 2. The van der Waals surface area contributed by atoms with E-state index in [2.05, 4.69) is 4.98 Å². The van der Waals surface area contributed by atoms with E-state index in [1.165, 1.54) is 23.1 Å². The second-order valence-electron chi connectivity index (χ2n) is 6.85. The Morgan fingerprint density at radius 3 is 2.53 bits per heavy atom. The van der Waals surface area contributed by atoms with Crippen molar-refractivity contribution in [2.45, 2.75) is 12.6 Å². The Bertz CT molecular complexity index is 1150. The summed E-state index contributed by atoms with van der Waals surface area (Å²) in [5.41, 5.74) is 1.51. The van der Waals surface area contributed by atoms with Crippen LogP contribution in [-0.4, -0.2) is 26.7 Å². The molecule has 1 amide bonds. The molecule has 1 aliphatic heterocycles. The number of aromatic nitrogens is 1. The monoisotopic (exact) mass is 422 g/mol. The zero-order valence-corrected chi connectivity index (χ0v) is 16.4. The summed E-state index contributed by atoms with van der Waals surface area (Å²) in [6.07, 6.45) is 3.12. The van der Waals surface area contributed by atoms with E-state index in [0.717, 1.165) is 0 Å². The number of aliphatic hydroxyl groups is 1. The summed E-state index contributed by atoms with van der Waals surface area (Å²) in [5, 5.41) is 11.3. The van der Waals surface area contributed by atoms with E-state index < -0.39 is 23.5 Å². The lowest BCUT2D eigenvalue weighted by Crippen LogP contribution is -2.29. The third-order valence-electron chi connectivity index (χ3n) is 4.90. The van der Waals surface area contributed by atoms with Crippen LogP contribution in [0, 0.1) is 5.82 Å². The van der Waals surface area contributed by atoms with Gasteiger partial charge in [-0.05, 0) is 41.5 Å². The number of carbonyl (C=O) groups excluding carboxylic acids is 2. The average molecular weight is 423 g/mol. The molecule has 30 heavy (non-hydrogen) atoms. The van der Waals surface area contributed by atoms with Crippen molar-refractivity contribution in [2.24, 2.45) is 0 Å². The summed E-state index contributed by atoms with van der Waals surface area (Å²) < 4.78 is 13.3. The molecule has 2 heterocycles. The number of nitrogens with zero attached hydrogens (tertiary/aromatic N) is 2. The Hall–Kier alpha value is -3.51. The van der Waals surface area contributed by atoms with E-state index in [9.17, 15) is 19.1 Å². The molecule has 1 unspecified atom stereocenters. The highest BCUT2D eigenvalue weighted by atomic mass is 35.5. The Balaban J connectivity index is 1.84. The van der Waals surface area contributed by atoms with Gasteiger partial charge < -0.3 is 10.0 Å². The molecule has 1 N–H and O–H groups in total. The summed E-state index contributed by atoms with van der Waals surface area (Å²) >= 11 is 6.03. The van der Waals surface area contributed by atoms with Gasteiger partial charge in [-0.25, -0.2) is 4.39 Å². The SMILES string of the molecule is O=C1C(=O)N(Cc2ccc(F)cc2)C(c2cccnc2)/C1=C(/O)c1cccc(Cl)c1. The Morgan fingerprint density at radius 1 is 1.10 bits per heavy atom. The Kier molecular flexibility index (Phi) is 5.33. The van der Waals surface area contributed by atoms with Gasteiger partial charge in [0.1, 0.15) is 11.6 Å². The standard InChI is InChI=1S/C23H16ClFN2O3/c24-17-5-1-3-15(11-17)21(28)19-20(16-4-2-10-26-12-16)27(23(30)22(19)29)13-14-6-8-18(25)9-7-14/h1-12,20,28H,13H2/b21-19-. The lowest BCUT2D eigenvalue weighted by molar-refractivity contribution is -0.140. The van der Waals surface area contributed by atoms with Crippen molar-refractivity contribution in [2.75, 3.05) is 0 Å². The van der Waals surface area contributed by atoms with Gasteiger partial charge in [0.2, 0.25) is 0 Å². The third kappa shape index (κ3) is 3.69. The van der Waals surface area contributed by atoms with Crippen LogP contribution in [0.25, 0.3) is 5.76 Å². The Labute approximate surface area is 177 Å². The number of carbonyl (C=O) groups is 2. The van der Waals surface area contributed by atoms with Gasteiger partial charge >= 0.3 is 0 Å². The minimum Gasteiger partial charge on any atom is -0.507 e. The molecule has 1 atom stereocenters. The van der Waals surface area contributed by atoms with E-state index in [1.807, 2.05) is 0 Å². The lowest BCUT2D eigenvalue weighted by Gasteiger charge is -2.25. The van der Waals surface area contributed by atoms with Crippen LogP contribution in [0.15, 0.2) is 78.6 Å². The fourth-order valence-corrected chi connectivity index (χ4v) is 3.70. The summed E-state index contributed by atoms with van der Waals surface area (Å²) in [5.74, 6) is -2.27. The molecule has 4 rings (SSSR count). The highest BCUT2D eigenvalue weighted by molar-refractivity contribution is 6.46. The second-order valence-corrected chi connectivity index (χ2v) is 7.29. The van der Waals surface area contributed by atoms with Gasteiger partial charge in [0.05, 0.1) is 11.6 Å². The topological polar surface area (TPSA) is 70.5 Å². The molecule has 1 aliphatic rings. The van der Waals surface area contributed by atoms with Gasteiger partial charge in [-0.3, -0.25) is 14.6 Å². The van der Waals surface area contributed by atoms with Crippen molar-refractivity contribution < 1.29 is 19.1 Å². The summed E-state index contributed by atoms with van der Waals surface area (Å²) in [7, 11) is 0. The summed E-state index contributed by atoms with van der Waals surface area (Å²) in [6, 6.07) is 14.7. The van der Waals surface area contributed by atoms with Gasteiger partial charge in [-0.1, -0.05) is 41.9 Å². The van der Waals surface area contributed by atoms with Crippen LogP contribution >= 0.6 is 11.6 Å². The molecule has 0 radical (unpaired) electrons. The molecule has 150 valence electrons. The molecule has 7 heteroatoms. The van der Waals surface area contributed by atoms with Gasteiger partial charge in [-0.15, -0.1) is 0 Å². The fourth-order valence-electron chi connectivity index (χ4n) is 3.51. The number of Topliss-reactive ketones (excluding diaryl/α,β-unsaturated/α-hetero) is 1. The number of rotatable bonds is 4. The molecule has 2 aromatic carbocycles. The highest BCUT2D eigenvalue weighted by Gasteiger charge is 2.46. The van der Waals surface area contributed by atoms with Gasteiger partial charge in [0.15, 0.2) is 0 Å². The second kappa shape index (κ2) is 8.08. The summed E-state index contributed by atoms with van der Waals surface area (Å²) in [6.45, 7) is 0.0662. The van der Waals surface area contributed by atoms with Crippen LogP contribution in [0.4, 0.5) is 4.39 Å². The average Bonchev–Trinajstić information content (AvgIpc) is 3.00. The number of likely N-dealkylation sites (tertiary alicyclic amines) is 1. The molecule has 0 aliphatic carbocycles. The zero-order chi connectivity index (χ0) is 21.3. The quantitative estimate of drug-likeness (QED) is 0.382. The van der Waals surface area contributed by atoms with E-state index >= 15 is 0 Å². The molecule has 1 saturated heterocycles. The molecule has 3 aromatic rings. The van der Waals surface area contributed by atoms with Crippen molar-refractivity contribution in [1.29, 1.82) is 0 Å². The first kappa shape index (κ1) is 19.8. The molecule has 5 nitrogen and oxygen atoms in total. The molecule has 0 bridgehead atoms. The van der Waals surface area contributed by atoms with Crippen LogP contribution in [0.5, 0.6) is 0 Å². The van der Waals surface area contributed by atoms with Crippen molar-refractivity contribution >= 4 is 29.1 Å². The first-order chi connectivity index (χ1) is 14.5. The van der Waals surface area contributed by atoms with E-state index in [0.29, 0.717) is 21.7 Å². The first-order valence-corrected chi connectivity index (χ1v) is 9.52. The number of hydrogen-bond acceptors (Lipinski definition) is 4. The van der Waals surface area contributed by atoms with Crippen LogP contribution in [0.3, 0.4) is 0 Å². The number of benzene rings is 2. The number of hydrogen-bond donors (Lipinski definition) is 1. The number of ketones is 1. The predicted octanol–water partition coefficient (Wildman–Crippen LogP) is 4.50. The third-order valence-corrected chi connectivity index (χ3v) is 5.14. The minimum atomic E-state index is -0.845. The number of amides is 1. The normalized spacial score (nSPS) is 18.1. The van der Waals surface area contributed by atoms with Crippen LogP contribution < -0.4 is 0 Å². The van der Waals surface area contributed by atoms with Crippen molar-refractivity contribution in [3.05, 3.63) is 106 Å². The molecule has 1 aromatic heterocycles. The van der Waals surface area contributed by atoms with E-state index in [1.54, 1.807) is 54.9 Å². The molecule has 1 fully saturated rings. The maximum atomic E-state index is 13.3. The largest absolute Gasteiger partial charge is 0.507 e. The molecule has 0 spiro atoms. The van der Waals surface area contributed by atoms with Crippen LogP contribution in [0.2, 0.25) is 5.02 Å². The summed E-state index contributed by atoms with van der Waals surface area (Å²) in [4.78, 5) is 31.2. The minimum absolute atomic E-state index is 0.0441. The maximum Gasteiger partial charge on any atom is 0.295 e. The van der Waals surface area contributed by atoms with E-state index in [4.69, 9.17) is 11.6 Å².